The van der Waals surface area contributed by atoms with E-state index in [1.807, 2.05) is 38.1 Å². The highest BCUT2D eigenvalue weighted by atomic mass is 16.5. The summed E-state index contributed by atoms with van der Waals surface area (Å²) in [4.78, 5) is 26.6. The molecule has 0 saturated heterocycles. The number of rotatable bonds is 11. The van der Waals surface area contributed by atoms with Crippen molar-refractivity contribution in [3.63, 3.8) is 0 Å². The smallest absolute Gasteiger partial charge is 0.253 e. The third kappa shape index (κ3) is 7.43. The second-order valence-corrected chi connectivity index (χ2v) is 7.52. The van der Waals surface area contributed by atoms with Gasteiger partial charge in [-0.1, -0.05) is 26.0 Å². The lowest BCUT2D eigenvalue weighted by atomic mass is 10.1. The summed E-state index contributed by atoms with van der Waals surface area (Å²) in [5, 5.41) is 5.95. The number of hydrogen-bond acceptors (Lipinski definition) is 4. The number of ether oxygens (including phenoxy) is 1. The average molecular weight is 412 g/mol. The molecule has 0 fully saturated rings. The summed E-state index contributed by atoms with van der Waals surface area (Å²) >= 11 is 0. The van der Waals surface area contributed by atoms with E-state index < -0.39 is 0 Å². The molecule has 2 rings (SSSR count). The molecule has 0 heterocycles. The summed E-state index contributed by atoms with van der Waals surface area (Å²) in [6.07, 6.45) is 0.996. The van der Waals surface area contributed by atoms with Gasteiger partial charge in [0, 0.05) is 36.1 Å². The maximum atomic E-state index is 12.5. The molecule has 0 bridgehead atoms. The van der Waals surface area contributed by atoms with E-state index in [0.717, 1.165) is 17.9 Å². The minimum Gasteiger partial charge on any atom is -0.494 e. The molecule has 2 aromatic carbocycles. The van der Waals surface area contributed by atoms with E-state index in [4.69, 9.17) is 4.74 Å². The number of carbonyl (C=O) groups is 2. The van der Waals surface area contributed by atoms with Crippen LogP contribution in [0.5, 0.6) is 5.75 Å². The molecule has 0 unspecified atom stereocenters. The number of amides is 2. The van der Waals surface area contributed by atoms with Crippen LogP contribution >= 0.6 is 0 Å². The highest BCUT2D eigenvalue weighted by Gasteiger charge is 2.13. The Morgan fingerprint density at radius 2 is 1.70 bits per heavy atom. The van der Waals surface area contributed by atoms with Crippen LogP contribution in [0.15, 0.2) is 48.5 Å². The summed E-state index contributed by atoms with van der Waals surface area (Å²) in [6.45, 7) is 10.3. The normalized spacial score (nSPS) is 10.6. The molecule has 0 saturated carbocycles. The number of nitrogens with one attached hydrogen (secondary N) is 2. The molecule has 0 aliphatic rings. The Kier molecular flexibility index (Phi) is 9.19. The highest BCUT2D eigenvalue weighted by Crippen LogP contribution is 2.18. The maximum Gasteiger partial charge on any atom is 0.253 e. The lowest BCUT2D eigenvalue weighted by Crippen LogP contribution is -2.30. The van der Waals surface area contributed by atoms with E-state index in [1.165, 1.54) is 0 Å². The first-order valence-electron chi connectivity index (χ1n) is 10.6. The summed E-state index contributed by atoms with van der Waals surface area (Å²) in [5.41, 5.74) is 1.99. The number of nitrogens with zero attached hydrogens (tertiary/aromatic N) is 1. The fourth-order valence-electron chi connectivity index (χ4n) is 2.92. The van der Waals surface area contributed by atoms with Gasteiger partial charge in [-0.2, -0.15) is 0 Å². The largest absolute Gasteiger partial charge is 0.494 e. The molecule has 2 aromatic rings. The standard InChI is InChI=1S/C24H33N3O3/c1-5-27(6-2)24(29)19-9-7-11-21(15-19)26-23(28)17-25-20-10-8-12-22(16-20)30-14-13-18(3)4/h7-12,15-16,18,25H,5-6,13-14,17H2,1-4H3,(H,26,28). The zero-order valence-electron chi connectivity index (χ0n) is 18.4. The summed E-state index contributed by atoms with van der Waals surface area (Å²) < 4.78 is 5.76. The minimum absolute atomic E-state index is 0.0384. The molecule has 0 aliphatic carbocycles. The maximum absolute atomic E-state index is 12.5. The fourth-order valence-corrected chi connectivity index (χ4v) is 2.92. The third-order valence-electron chi connectivity index (χ3n) is 4.69. The number of carbonyl (C=O) groups excluding carboxylic acids is 2. The van der Waals surface area contributed by atoms with Gasteiger partial charge < -0.3 is 20.3 Å². The fraction of sp³-hybridized carbons (Fsp3) is 0.417. The molecule has 6 nitrogen and oxygen atoms in total. The second kappa shape index (κ2) is 11.9. The van der Waals surface area contributed by atoms with Gasteiger partial charge in [-0.15, -0.1) is 0 Å². The zero-order chi connectivity index (χ0) is 21.9. The van der Waals surface area contributed by atoms with Gasteiger partial charge in [0.2, 0.25) is 5.91 Å². The Morgan fingerprint density at radius 3 is 2.40 bits per heavy atom. The van der Waals surface area contributed by atoms with Gasteiger partial charge in [0.15, 0.2) is 0 Å². The van der Waals surface area contributed by atoms with Gasteiger partial charge in [0.05, 0.1) is 13.2 Å². The van der Waals surface area contributed by atoms with Crippen molar-refractivity contribution in [1.82, 2.24) is 4.90 Å². The highest BCUT2D eigenvalue weighted by molar-refractivity contribution is 5.98. The van der Waals surface area contributed by atoms with E-state index in [1.54, 1.807) is 29.2 Å². The van der Waals surface area contributed by atoms with E-state index >= 15 is 0 Å². The molecular formula is C24H33N3O3. The first-order chi connectivity index (χ1) is 14.4. The van der Waals surface area contributed by atoms with Crippen molar-refractivity contribution in [2.24, 2.45) is 5.92 Å². The van der Waals surface area contributed by atoms with Gasteiger partial charge in [0.1, 0.15) is 5.75 Å². The number of anilines is 2. The van der Waals surface area contributed by atoms with Gasteiger partial charge in [0.25, 0.3) is 5.91 Å². The number of benzene rings is 2. The van der Waals surface area contributed by atoms with Gasteiger partial charge in [-0.05, 0) is 56.5 Å². The van der Waals surface area contributed by atoms with Crippen molar-refractivity contribution in [3.8, 4) is 5.75 Å². The third-order valence-corrected chi connectivity index (χ3v) is 4.69. The molecular weight excluding hydrogens is 378 g/mol. The molecule has 162 valence electrons. The van der Waals surface area contributed by atoms with Crippen molar-refractivity contribution in [3.05, 3.63) is 54.1 Å². The van der Waals surface area contributed by atoms with Crippen LogP contribution in [-0.4, -0.2) is 43.0 Å². The molecule has 0 spiro atoms. The molecule has 2 N–H and O–H groups in total. The van der Waals surface area contributed by atoms with E-state index in [2.05, 4.69) is 24.5 Å². The molecule has 30 heavy (non-hydrogen) atoms. The quantitative estimate of drug-likeness (QED) is 0.565. The zero-order valence-corrected chi connectivity index (χ0v) is 18.4. The van der Waals surface area contributed by atoms with Crippen LogP contribution in [0, 0.1) is 5.92 Å². The van der Waals surface area contributed by atoms with Crippen molar-refractivity contribution < 1.29 is 14.3 Å². The summed E-state index contributed by atoms with van der Waals surface area (Å²) in [7, 11) is 0. The van der Waals surface area contributed by atoms with Crippen LogP contribution in [-0.2, 0) is 4.79 Å². The van der Waals surface area contributed by atoms with Crippen LogP contribution < -0.4 is 15.4 Å². The molecule has 0 radical (unpaired) electrons. The summed E-state index contributed by atoms with van der Waals surface area (Å²) in [5.74, 6) is 1.15. The van der Waals surface area contributed by atoms with Crippen LogP contribution in [0.2, 0.25) is 0 Å². The Hall–Kier alpha value is -3.02. The lowest BCUT2D eigenvalue weighted by Gasteiger charge is -2.19. The minimum atomic E-state index is -0.187. The van der Waals surface area contributed by atoms with Gasteiger partial charge >= 0.3 is 0 Å². The topological polar surface area (TPSA) is 70.7 Å². The molecule has 6 heteroatoms. The van der Waals surface area contributed by atoms with Crippen molar-refractivity contribution in [2.45, 2.75) is 34.1 Å². The Balaban J connectivity index is 1.89. The lowest BCUT2D eigenvalue weighted by molar-refractivity contribution is -0.114. The second-order valence-electron chi connectivity index (χ2n) is 7.52. The van der Waals surface area contributed by atoms with Gasteiger partial charge in [-0.25, -0.2) is 0 Å². The molecule has 0 atom stereocenters. The van der Waals surface area contributed by atoms with Crippen molar-refractivity contribution >= 4 is 23.2 Å². The van der Waals surface area contributed by atoms with Crippen LogP contribution in [0.3, 0.4) is 0 Å². The van der Waals surface area contributed by atoms with Crippen molar-refractivity contribution in [2.75, 3.05) is 36.9 Å². The van der Waals surface area contributed by atoms with Gasteiger partial charge in [-0.3, -0.25) is 9.59 Å². The van der Waals surface area contributed by atoms with E-state index in [-0.39, 0.29) is 18.4 Å². The van der Waals surface area contributed by atoms with Crippen LogP contribution in [0.25, 0.3) is 0 Å². The van der Waals surface area contributed by atoms with Crippen LogP contribution in [0.4, 0.5) is 11.4 Å². The van der Waals surface area contributed by atoms with Crippen molar-refractivity contribution in [1.29, 1.82) is 0 Å². The molecule has 0 aliphatic heterocycles. The Morgan fingerprint density at radius 1 is 1.00 bits per heavy atom. The van der Waals surface area contributed by atoms with E-state index in [0.29, 0.717) is 36.9 Å². The molecule has 0 aromatic heterocycles. The first kappa shape index (κ1) is 23.3. The number of hydrogen-bond donors (Lipinski definition) is 2. The molecule has 2 amide bonds. The van der Waals surface area contributed by atoms with Crippen LogP contribution in [0.1, 0.15) is 44.5 Å². The first-order valence-corrected chi connectivity index (χ1v) is 10.6. The Bertz CT molecular complexity index is 832. The monoisotopic (exact) mass is 411 g/mol. The predicted octanol–water partition coefficient (Wildman–Crippen LogP) is 4.64. The summed E-state index contributed by atoms with van der Waals surface area (Å²) in [6, 6.07) is 14.6. The van der Waals surface area contributed by atoms with E-state index in [9.17, 15) is 9.59 Å². The Labute approximate surface area is 179 Å². The SMILES string of the molecule is CCN(CC)C(=O)c1cccc(NC(=O)CNc2cccc(OCCC(C)C)c2)c1. The predicted molar refractivity (Wildman–Crippen MR) is 122 cm³/mol. The average Bonchev–Trinajstić information content (AvgIpc) is 2.73.